The third-order valence-corrected chi connectivity index (χ3v) is 3.93. The second-order valence-corrected chi connectivity index (χ2v) is 5.99. The number of nitro groups is 1. The smallest absolute Gasteiger partial charge is 0.323 e. The Morgan fingerprint density at radius 2 is 2.05 bits per heavy atom. The van der Waals surface area contributed by atoms with Crippen molar-refractivity contribution in [2.45, 2.75) is 25.6 Å². The molecule has 0 bridgehead atoms. The van der Waals surface area contributed by atoms with E-state index in [-0.39, 0.29) is 17.9 Å². The van der Waals surface area contributed by atoms with E-state index in [0.29, 0.717) is 0 Å². The van der Waals surface area contributed by atoms with Crippen LogP contribution in [0, 0.1) is 10.1 Å². The molecule has 0 radical (unpaired) electrons. The van der Waals surface area contributed by atoms with Gasteiger partial charge >= 0.3 is 5.97 Å². The lowest BCUT2D eigenvalue weighted by Gasteiger charge is -2.13. The summed E-state index contributed by atoms with van der Waals surface area (Å²) in [7, 11) is -3.91. The van der Waals surface area contributed by atoms with Crippen molar-refractivity contribution in [2.24, 2.45) is 0 Å². The molecule has 1 atom stereocenters. The molecule has 0 amide bonds. The van der Waals surface area contributed by atoms with E-state index in [1.54, 1.807) is 6.92 Å². The highest BCUT2D eigenvalue weighted by Crippen LogP contribution is 2.19. The molecular formula is C12H16N2O6S. The van der Waals surface area contributed by atoms with Crippen LogP contribution in [0.3, 0.4) is 0 Å². The number of ether oxygens (including phenoxy) is 1. The molecule has 9 heteroatoms. The fourth-order valence-electron chi connectivity index (χ4n) is 1.64. The van der Waals surface area contributed by atoms with Crippen molar-refractivity contribution in [2.75, 3.05) is 6.61 Å². The summed E-state index contributed by atoms with van der Waals surface area (Å²) in [6, 6.07) is 4.47. The van der Waals surface area contributed by atoms with E-state index >= 15 is 0 Å². The number of carbonyl (C=O) groups excluding carboxylic acids is 1. The number of hydrogen-bond donors (Lipinski definition) is 1. The molecule has 0 spiro atoms. The lowest BCUT2D eigenvalue weighted by molar-refractivity contribution is -0.385. The van der Waals surface area contributed by atoms with Gasteiger partial charge in [0, 0.05) is 11.6 Å². The Balaban J connectivity index is 2.87. The van der Waals surface area contributed by atoms with E-state index in [0.717, 1.165) is 0 Å². The maximum Gasteiger partial charge on any atom is 0.323 e. The van der Waals surface area contributed by atoms with Crippen LogP contribution in [-0.4, -0.2) is 32.0 Å². The van der Waals surface area contributed by atoms with Crippen LogP contribution in [0.4, 0.5) is 5.69 Å². The van der Waals surface area contributed by atoms with E-state index in [1.165, 1.54) is 31.2 Å². The Labute approximate surface area is 122 Å². The standard InChI is InChI=1S/C12H16N2O6S/c1-3-20-12(15)9(2)13-21(18,19)8-10-6-4-5-7-11(10)14(16)17/h4-7,9,13H,3,8H2,1-2H3. The number of hydrogen-bond acceptors (Lipinski definition) is 6. The molecule has 0 heterocycles. The van der Waals surface area contributed by atoms with Crippen molar-refractivity contribution in [3.05, 3.63) is 39.9 Å². The summed E-state index contributed by atoms with van der Waals surface area (Å²) in [4.78, 5) is 21.6. The quantitative estimate of drug-likeness (QED) is 0.455. The third kappa shape index (κ3) is 5.12. The lowest BCUT2D eigenvalue weighted by Crippen LogP contribution is -2.40. The lowest BCUT2D eigenvalue weighted by atomic mass is 10.2. The van der Waals surface area contributed by atoms with Gasteiger partial charge in [-0.15, -0.1) is 0 Å². The molecule has 0 aliphatic rings. The summed E-state index contributed by atoms with van der Waals surface area (Å²) in [5, 5.41) is 10.8. The zero-order chi connectivity index (χ0) is 16.0. The average Bonchev–Trinajstić information content (AvgIpc) is 2.38. The van der Waals surface area contributed by atoms with Crippen LogP contribution in [0.5, 0.6) is 0 Å². The molecule has 1 aromatic carbocycles. The highest BCUT2D eigenvalue weighted by Gasteiger charge is 2.24. The first-order valence-electron chi connectivity index (χ1n) is 6.15. The van der Waals surface area contributed by atoms with Crippen LogP contribution in [0.15, 0.2) is 24.3 Å². The number of nitrogens with one attached hydrogen (secondary N) is 1. The number of para-hydroxylation sites is 1. The molecule has 0 aliphatic carbocycles. The molecule has 0 saturated carbocycles. The molecule has 0 saturated heterocycles. The summed E-state index contributed by atoms with van der Waals surface area (Å²) in [5.41, 5.74) is -0.238. The molecule has 0 aromatic heterocycles. The number of esters is 1. The fraction of sp³-hybridized carbons (Fsp3) is 0.417. The summed E-state index contributed by atoms with van der Waals surface area (Å²) in [5.74, 6) is -1.29. The molecule has 1 N–H and O–H groups in total. The van der Waals surface area contributed by atoms with Gasteiger partial charge in [0.1, 0.15) is 6.04 Å². The normalized spacial score (nSPS) is 12.7. The van der Waals surface area contributed by atoms with E-state index in [2.05, 4.69) is 9.46 Å². The van der Waals surface area contributed by atoms with E-state index in [1.807, 2.05) is 0 Å². The fourth-order valence-corrected chi connectivity index (χ4v) is 3.01. The minimum absolute atomic E-state index is 0.0473. The largest absolute Gasteiger partial charge is 0.465 e. The average molecular weight is 316 g/mol. The molecule has 21 heavy (non-hydrogen) atoms. The Morgan fingerprint density at radius 1 is 1.43 bits per heavy atom. The molecule has 1 aromatic rings. The van der Waals surface area contributed by atoms with Gasteiger partial charge in [-0.25, -0.2) is 13.1 Å². The SMILES string of the molecule is CCOC(=O)C(C)NS(=O)(=O)Cc1ccccc1[N+](=O)[O-]. The van der Waals surface area contributed by atoms with Crippen molar-refractivity contribution in [1.29, 1.82) is 0 Å². The first kappa shape index (κ1) is 17.1. The van der Waals surface area contributed by atoms with Gasteiger partial charge in [0.15, 0.2) is 0 Å². The van der Waals surface area contributed by atoms with Crippen LogP contribution < -0.4 is 4.72 Å². The van der Waals surface area contributed by atoms with Gasteiger partial charge in [-0.05, 0) is 13.8 Å². The molecule has 0 aliphatic heterocycles. The molecule has 1 rings (SSSR count). The number of rotatable bonds is 7. The summed E-state index contributed by atoms with van der Waals surface area (Å²) >= 11 is 0. The van der Waals surface area contributed by atoms with Crippen molar-refractivity contribution in [1.82, 2.24) is 4.72 Å². The van der Waals surface area contributed by atoms with Gasteiger partial charge < -0.3 is 4.74 Å². The van der Waals surface area contributed by atoms with Crippen molar-refractivity contribution in [3.8, 4) is 0 Å². The maximum atomic E-state index is 12.0. The first-order valence-corrected chi connectivity index (χ1v) is 7.81. The third-order valence-electron chi connectivity index (χ3n) is 2.53. The van der Waals surface area contributed by atoms with E-state index in [9.17, 15) is 23.3 Å². The Morgan fingerprint density at radius 3 is 2.62 bits per heavy atom. The predicted molar refractivity (Wildman–Crippen MR) is 75.0 cm³/mol. The van der Waals surface area contributed by atoms with E-state index in [4.69, 9.17) is 0 Å². The summed E-state index contributed by atoms with van der Waals surface area (Å²) < 4.78 is 30.7. The maximum absolute atomic E-state index is 12.0. The van der Waals surface area contributed by atoms with Crippen molar-refractivity contribution in [3.63, 3.8) is 0 Å². The second kappa shape index (κ2) is 7.14. The van der Waals surface area contributed by atoms with Gasteiger partial charge in [0.05, 0.1) is 17.3 Å². The number of sulfonamides is 1. The van der Waals surface area contributed by atoms with Crippen molar-refractivity contribution >= 4 is 21.7 Å². The number of carbonyl (C=O) groups is 1. The number of nitrogens with zero attached hydrogens (tertiary/aromatic N) is 1. The minimum atomic E-state index is -3.91. The highest BCUT2D eigenvalue weighted by molar-refractivity contribution is 7.88. The molecule has 8 nitrogen and oxygen atoms in total. The van der Waals surface area contributed by atoms with E-state index < -0.39 is 32.7 Å². The second-order valence-electron chi connectivity index (χ2n) is 4.24. The Bertz CT molecular complexity index is 628. The topological polar surface area (TPSA) is 116 Å². The van der Waals surface area contributed by atoms with Gasteiger partial charge in [-0.3, -0.25) is 14.9 Å². The monoisotopic (exact) mass is 316 g/mol. The molecular weight excluding hydrogens is 300 g/mol. The minimum Gasteiger partial charge on any atom is -0.465 e. The van der Waals surface area contributed by atoms with Crippen LogP contribution in [0.25, 0.3) is 0 Å². The zero-order valence-corrected chi connectivity index (χ0v) is 12.4. The van der Waals surface area contributed by atoms with Crippen LogP contribution in [0.2, 0.25) is 0 Å². The van der Waals surface area contributed by atoms with Crippen LogP contribution in [0.1, 0.15) is 19.4 Å². The number of benzene rings is 1. The summed E-state index contributed by atoms with van der Waals surface area (Å²) in [6.45, 7) is 3.08. The number of nitro benzene ring substituents is 1. The highest BCUT2D eigenvalue weighted by atomic mass is 32.2. The molecule has 1 unspecified atom stereocenters. The zero-order valence-electron chi connectivity index (χ0n) is 11.6. The Hall–Kier alpha value is -2.00. The van der Waals surface area contributed by atoms with Crippen molar-refractivity contribution < 1.29 is 22.9 Å². The van der Waals surface area contributed by atoms with Crippen LogP contribution in [-0.2, 0) is 25.3 Å². The first-order chi connectivity index (χ1) is 9.76. The van der Waals surface area contributed by atoms with Crippen LogP contribution >= 0.6 is 0 Å². The summed E-state index contributed by atoms with van der Waals surface area (Å²) in [6.07, 6.45) is 0. The predicted octanol–water partition coefficient (Wildman–Crippen LogP) is 0.966. The molecule has 0 fully saturated rings. The van der Waals surface area contributed by atoms with Gasteiger partial charge in [0.2, 0.25) is 10.0 Å². The molecule has 116 valence electrons. The Kier molecular flexibility index (Phi) is 5.79. The van der Waals surface area contributed by atoms with Gasteiger partial charge in [-0.1, -0.05) is 18.2 Å². The van der Waals surface area contributed by atoms with Gasteiger partial charge in [0.25, 0.3) is 5.69 Å². The van der Waals surface area contributed by atoms with Gasteiger partial charge in [-0.2, -0.15) is 0 Å².